The van der Waals surface area contributed by atoms with Crippen LogP contribution in [0.4, 0.5) is 0 Å². The molecule has 0 aliphatic rings. The first-order chi connectivity index (χ1) is 9.26. The van der Waals surface area contributed by atoms with Crippen LogP contribution in [0.25, 0.3) is 11.0 Å². The predicted molar refractivity (Wildman–Crippen MR) is 78.4 cm³/mol. The Hall–Kier alpha value is -1.57. The number of hydrogen-bond donors (Lipinski definition) is 0. The Morgan fingerprint density at radius 2 is 1.95 bits per heavy atom. The van der Waals surface area contributed by atoms with Crippen LogP contribution >= 0.6 is 0 Å². The first kappa shape index (κ1) is 13.9. The lowest BCUT2D eigenvalue weighted by Gasteiger charge is -2.02. The van der Waals surface area contributed by atoms with Crippen molar-refractivity contribution in [3.8, 4) is 0 Å². The van der Waals surface area contributed by atoms with Gasteiger partial charge in [-0.1, -0.05) is 38.5 Å². The van der Waals surface area contributed by atoms with Crippen molar-refractivity contribution < 1.29 is 9.21 Å². The fourth-order valence-corrected chi connectivity index (χ4v) is 2.40. The van der Waals surface area contributed by atoms with Crippen molar-refractivity contribution in [2.45, 2.75) is 52.4 Å². The Bertz CT molecular complexity index is 551. The van der Waals surface area contributed by atoms with Gasteiger partial charge in [-0.05, 0) is 18.9 Å². The van der Waals surface area contributed by atoms with Gasteiger partial charge in [0.1, 0.15) is 17.1 Å². The van der Waals surface area contributed by atoms with Crippen LogP contribution in [-0.4, -0.2) is 5.78 Å². The number of carbonyl (C=O) groups excluding carboxylic acids is 1. The minimum atomic E-state index is 0.326. The fourth-order valence-electron chi connectivity index (χ4n) is 2.40. The lowest BCUT2D eigenvalue weighted by molar-refractivity contribution is -0.118. The normalized spacial score (nSPS) is 11.1. The van der Waals surface area contributed by atoms with E-state index in [0.29, 0.717) is 18.6 Å². The molecule has 0 radical (unpaired) electrons. The van der Waals surface area contributed by atoms with Gasteiger partial charge in [-0.15, -0.1) is 0 Å². The van der Waals surface area contributed by atoms with Gasteiger partial charge in [0.15, 0.2) is 0 Å². The third kappa shape index (κ3) is 3.25. The van der Waals surface area contributed by atoms with Gasteiger partial charge in [-0.2, -0.15) is 0 Å². The standard InChI is InChI=1S/C17H22O2/c1-3-5-9-16-15(12-11-13(18)4-2)14-8-6-7-10-17(14)19-16/h6-8,10H,3-5,9,11-12H2,1-2H3. The van der Waals surface area contributed by atoms with E-state index in [9.17, 15) is 4.79 Å². The summed E-state index contributed by atoms with van der Waals surface area (Å²) in [5.41, 5.74) is 2.19. The maximum atomic E-state index is 11.5. The van der Waals surface area contributed by atoms with Crippen molar-refractivity contribution in [1.29, 1.82) is 0 Å². The number of hydrogen-bond acceptors (Lipinski definition) is 2. The Morgan fingerprint density at radius 3 is 2.68 bits per heavy atom. The average molecular weight is 258 g/mol. The van der Waals surface area contributed by atoms with Gasteiger partial charge in [0.05, 0.1) is 0 Å². The maximum absolute atomic E-state index is 11.5. The maximum Gasteiger partial charge on any atom is 0.134 e. The molecule has 0 saturated carbocycles. The van der Waals surface area contributed by atoms with Crippen molar-refractivity contribution in [1.82, 2.24) is 0 Å². The van der Waals surface area contributed by atoms with E-state index in [-0.39, 0.29) is 0 Å². The molecular weight excluding hydrogens is 236 g/mol. The molecule has 0 bridgehead atoms. The molecule has 0 fully saturated rings. The van der Waals surface area contributed by atoms with Gasteiger partial charge in [-0.25, -0.2) is 0 Å². The Balaban J connectivity index is 2.28. The van der Waals surface area contributed by atoms with Gasteiger partial charge in [0.2, 0.25) is 0 Å². The second kappa shape index (κ2) is 6.55. The van der Waals surface area contributed by atoms with Crippen molar-refractivity contribution >= 4 is 16.8 Å². The highest BCUT2D eigenvalue weighted by molar-refractivity contribution is 5.84. The van der Waals surface area contributed by atoms with E-state index in [2.05, 4.69) is 13.0 Å². The first-order valence-electron chi connectivity index (χ1n) is 7.27. The number of Topliss-reactive ketones (excluding diaryl/α,β-unsaturated/α-hetero) is 1. The first-order valence-corrected chi connectivity index (χ1v) is 7.27. The Labute approximate surface area is 114 Å². The van der Waals surface area contributed by atoms with E-state index >= 15 is 0 Å². The Kier molecular flexibility index (Phi) is 4.78. The third-order valence-electron chi connectivity index (χ3n) is 3.59. The minimum Gasteiger partial charge on any atom is -0.461 e. The van der Waals surface area contributed by atoms with Crippen LogP contribution in [0.2, 0.25) is 0 Å². The number of carbonyl (C=O) groups is 1. The summed E-state index contributed by atoms with van der Waals surface area (Å²) in [5.74, 6) is 1.40. The van der Waals surface area contributed by atoms with Crippen molar-refractivity contribution in [2.75, 3.05) is 0 Å². The second-order valence-electron chi connectivity index (χ2n) is 5.00. The van der Waals surface area contributed by atoms with Crippen LogP contribution in [0, 0.1) is 0 Å². The smallest absolute Gasteiger partial charge is 0.134 e. The van der Waals surface area contributed by atoms with Crippen LogP contribution in [-0.2, 0) is 17.6 Å². The van der Waals surface area contributed by atoms with Crippen molar-refractivity contribution in [3.63, 3.8) is 0 Å². The molecular formula is C17H22O2. The summed E-state index contributed by atoms with van der Waals surface area (Å²) in [7, 11) is 0. The van der Waals surface area contributed by atoms with Gasteiger partial charge in [-0.3, -0.25) is 4.79 Å². The van der Waals surface area contributed by atoms with Gasteiger partial charge >= 0.3 is 0 Å². The monoisotopic (exact) mass is 258 g/mol. The number of furan rings is 1. The number of fused-ring (bicyclic) bond motifs is 1. The number of benzene rings is 1. The predicted octanol–water partition coefficient (Wildman–Crippen LogP) is 4.69. The minimum absolute atomic E-state index is 0.326. The molecule has 1 heterocycles. The number of ketones is 1. The summed E-state index contributed by atoms with van der Waals surface area (Å²) in [6, 6.07) is 8.14. The zero-order chi connectivity index (χ0) is 13.7. The number of aryl methyl sites for hydroxylation is 2. The molecule has 1 aromatic carbocycles. The largest absolute Gasteiger partial charge is 0.461 e. The topological polar surface area (TPSA) is 30.2 Å². The van der Waals surface area contributed by atoms with E-state index in [0.717, 1.165) is 37.0 Å². The molecule has 0 aliphatic carbocycles. The Morgan fingerprint density at radius 1 is 1.16 bits per heavy atom. The molecule has 2 rings (SSSR count). The van der Waals surface area contributed by atoms with Crippen LogP contribution in [0.1, 0.15) is 50.9 Å². The van der Waals surface area contributed by atoms with Crippen LogP contribution in [0.5, 0.6) is 0 Å². The lowest BCUT2D eigenvalue weighted by atomic mass is 10.0. The fraction of sp³-hybridized carbons (Fsp3) is 0.471. The average Bonchev–Trinajstić information content (AvgIpc) is 2.80. The van der Waals surface area contributed by atoms with E-state index < -0.39 is 0 Å². The molecule has 0 unspecified atom stereocenters. The summed E-state index contributed by atoms with van der Waals surface area (Å²) in [6.07, 6.45) is 5.32. The summed E-state index contributed by atoms with van der Waals surface area (Å²) in [6.45, 7) is 4.11. The molecule has 2 heteroatoms. The highest BCUT2D eigenvalue weighted by atomic mass is 16.3. The highest BCUT2D eigenvalue weighted by Gasteiger charge is 2.14. The van der Waals surface area contributed by atoms with Crippen LogP contribution < -0.4 is 0 Å². The zero-order valence-electron chi connectivity index (χ0n) is 11.9. The van der Waals surface area contributed by atoms with Crippen molar-refractivity contribution in [2.24, 2.45) is 0 Å². The van der Waals surface area contributed by atoms with Crippen molar-refractivity contribution in [3.05, 3.63) is 35.6 Å². The quantitative estimate of drug-likeness (QED) is 0.721. The molecule has 1 aromatic heterocycles. The SMILES string of the molecule is CCCCc1oc2ccccc2c1CCC(=O)CC. The summed E-state index contributed by atoms with van der Waals surface area (Å²) in [5, 5.41) is 1.18. The molecule has 0 spiro atoms. The molecule has 0 saturated heterocycles. The molecule has 2 aromatic rings. The molecule has 2 nitrogen and oxygen atoms in total. The summed E-state index contributed by atoms with van der Waals surface area (Å²) >= 11 is 0. The summed E-state index contributed by atoms with van der Waals surface area (Å²) < 4.78 is 5.96. The van der Waals surface area contributed by atoms with E-state index in [4.69, 9.17) is 4.42 Å². The third-order valence-corrected chi connectivity index (χ3v) is 3.59. The van der Waals surface area contributed by atoms with E-state index in [1.54, 1.807) is 0 Å². The molecule has 0 atom stereocenters. The number of rotatable bonds is 7. The zero-order valence-corrected chi connectivity index (χ0v) is 11.9. The van der Waals surface area contributed by atoms with Crippen LogP contribution in [0.3, 0.4) is 0 Å². The van der Waals surface area contributed by atoms with Crippen LogP contribution in [0.15, 0.2) is 28.7 Å². The molecule has 0 N–H and O–H groups in total. The highest BCUT2D eigenvalue weighted by Crippen LogP contribution is 2.28. The van der Waals surface area contributed by atoms with Gasteiger partial charge in [0, 0.05) is 30.2 Å². The molecule has 0 amide bonds. The van der Waals surface area contributed by atoms with Gasteiger partial charge < -0.3 is 4.42 Å². The molecule has 0 aliphatic heterocycles. The van der Waals surface area contributed by atoms with E-state index in [1.165, 1.54) is 10.9 Å². The number of para-hydroxylation sites is 1. The second-order valence-corrected chi connectivity index (χ2v) is 5.00. The molecule has 102 valence electrons. The van der Waals surface area contributed by atoms with Gasteiger partial charge in [0.25, 0.3) is 0 Å². The number of unbranched alkanes of at least 4 members (excludes halogenated alkanes) is 1. The van der Waals surface area contributed by atoms with E-state index in [1.807, 2.05) is 25.1 Å². The molecule has 19 heavy (non-hydrogen) atoms. The lowest BCUT2D eigenvalue weighted by Crippen LogP contribution is -1.99. The summed E-state index contributed by atoms with van der Waals surface area (Å²) in [4.78, 5) is 11.5.